The molecule has 2 aromatic rings. The molecule has 0 spiro atoms. The van der Waals surface area contributed by atoms with Gasteiger partial charge in [-0.1, -0.05) is 62.4 Å². The monoisotopic (exact) mass is 364 g/mol. The molecule has 1 heterocycles. The van der Waals surface area contributed by atoms with E-state index in [9.17, 15) is 9.90 Å². The fraction of sp³-hybridized carbons (Fsp3) is 0.348. The molecule has 1 aliphatic heterocycles. The zero-order valence-corrected chi connectivity index (χ0v) is 16.4. The van der Waals surface area contributed by atoms with Crippen LogP contribution in [0.2, 0.25) is 0 Å². The zero-order chi connectivity index (χ0) is 19.4. The van der Waals surface area contributed by atoms with Crippen molar-refractivity contribution >= 4 is 11.5 Å². The topological polar surface area (TPSA) is 43.8 Å². The smallest absolute Gasteiger partial charge is 0.337 e. The van der Waals surface area contributed by atoms with E-state index in [1.54, 1.807) is 0 Å². The van der Waals surface area contributed by atoms with Gasteiger partial charge in [-0.05, 0) is 42.3 Å². The van der Waals surface area contributed by atoms with Crippen LogP contribution in [0.25, 0.3) is 5.57 Å². The van der Waals surface area contributed by atoms with E-state index >= 15 is 0 Å². The molecule has 1 N–H and O–H groups in total. The summed E-state index contributed by atoms with van der Waals surface area (Å²) in [5.74, 6) is -0.876. The molecule has 0 aliphatic carbocycles. The molecule has 142 valence electrons. The molecule has 0 aromatic heterocycles. The molecule has 2 aromatic carbocycles. The van der Waals surface area contributed by atoms with E-state index in [4.69, 9.17) is 0 Å². The number of hydrogen-bond donors (Lipinski definition) is 1. The van der Waals surface area contributed by atoms with Crippen molar-refractivity contribution in [3.63, 3.8) is 0 Å². The summed E-state index contributed by atoms with van der Waals surface area (Å²) < 4.78 is 0. The Morgan fingerprint density at radius 3 is 2.30 bits per heavy atom. The molecule has 27 heavy (non-hydrogen) atoms. The first-order valence-corrected chi connectivity index (χ1v) is 9.64. The first kappa shape index (κ1) is 19.2. The molecule has 0 radical (unpaired) electrons. The first-order chi connectivity index (χ1) is 13.1. The van der Waals surface area contributed by atoms with Crippen LogP contribution in [0, 0.1) is 6.92 Å². The van der Waals surface area contributed by atoms with E-state index in [0.29, 0.717) is 5.57 Å². The Morgan fingerprint density at radius 2 is 1.67 bits per heavy atom. The maximum absolute atomic E-state index is 11.9. The van der Waals surface area contributed by atoms with Gasteiger partial charge >= 0.3 is 5.97 Å². The van der Waals surface area contributed by atoms with Crippen molar-refractivity contribution in [1.82, 2.24) is 9.80 Å². The molecule has 0 amide bonds. The number of carboxylic acids is 1. The summed E-state index contributed by atoms with van der Waals surface area (Å²) in [6.07, 6.45) is 1.84. The maximum atomic E-state index is 11.9. The highest BCUT2D eigenvalue weighted by Gasteiger charge is 2.31. The van der Waals surface area contributed by atoms with Crippen molar-refractivity contribution in [2.45, 2.75) is 26.8 Å². The number of carbonyl (C=O) groups is 1. The highest BCUT2D eigenvalue weighted by Crippen LogP contribution is 2.39. The molecular weight excluding hydrogens is 336 g/mol. The van der Waals surface area contributed by atoms with Gasteiger partial charge in [-0.25, -0.2) is 4.79 Å². The molecule has 1 aliphatic rings. The zero-order valence-electron chi connectivity index (χ0n) is 16.4. The van der Waals surface area contributed by atoms with Gasteiger partial charge in [0.1, 0.15) is 0 Å². The average Bonchev–Trinajstić information content (AvgIpc) is 2.68. The Morgan fingerprint density at radius 1 is 1.04 bits per heavy atom. The normalized spacial score (nSPS) is 16.2. The van der Waals surface area contributed by atoms with E-state index in [-0.39, 0.29) is 6.04 Å². The molecule has 4 nitrogen and oxygen atoms in total. The number of benzene rings is 2. The van der Waals surface area contributed by atoms with Crippen molar-refractivity contribution < 1.29 is 9.90 Å². The van der Waals surface area contributed by atoms with Crippen LogP contribution in [-0.4, -0.2) is 47.1 Å². The highest BCUT2D eigenvalue weighted by molar-refractivity contribution is 6.16. The lowest BCUT2D eigenvalue weighted by molar-refractivity contribution is -0.130. The van der Waals surface area contributed by atoms with Gasteiger partial charge in [0.2, 0.25) is 0 Å². The SMILES string of the molecule is CCN(CC)CCN1C=C(C(=O)O)c2ccccc2C1c1ccccc1C. The predicted molar refractivity (Wildman–Crippen MR) is 110 cm³/mol. The van der Waals surface area contributed by atoms with Gasteiger partial charge in [0.05, 0.1) is 11.6 Å². The Balaban J connectivity index is 2.08. The number of fused-ring (bicyclic) bond motifs is 1. The number of nitrogens with zero attached hydrogens (tertiary/aromatic N) is 2. The Bertz CT molecular complexity index is 840. The molecule has 0 bridgehead atoms. The summed E-state index contributed by atoms with van der Waals surface area (Å²) in [5.41, 5.74) is 4.70. The van der Waals surface area contributed by atoms with E-state index in [1.165, 1.54) is 11.1 Å². The number of hydrogen-bond acceptors (Lipinski definition) is 3. The molecule has 3 rings (SSSR count). The van der Waals surface area contributed by atoms with Gasteiger partial charge in [-0.15, -0.1) is 0 Å². The minimum absolute atomic E-state index is 0.0288. The van der Waals surface area contributed by atoms with Crippen LogP contribution < -0.4 is 0 Å². The Kier molecular flexibility index (Phi) is 5.97. The number of rotatable bonds is 7. The Hall–Kier alpha value is -2.59. The summed E-state index contributed by atoms with van der Waals surface area (Å²) in [7, 11) is 0. The van der Waals surface area contributed by atoms with Crippen molar-refractivity contribution in [2.75, 3.05) is 26.2 Å². The standard InChI is InChI=1S/C23H28N2O2/c1-4-24(5-2)14-15-25-16-21(23(26)27)19-12-8-9-13-20(19)22(25)18-11-7-6-10-17(18)3/h6-13,16,22H,4-5,14-15H2,1-3H3,(H,26,27). The van der Waals surface area contributed by atoms with Crippen LogP contribution >= 0.6 is 0 Å². The number of carboxylic acid groups (broad SMARTS) is 1. The van der Waals surface area contributed by atoms with Gasteiger partial charge < -0.3 is 14.9 Å². The van der Waals surface area contributed by atoms with Crippen molar-refractivity contribution in [3.05, 3.63) is 77.0 Å². The lowest BCUT2D eigenvalue weighted by atomic mass is 9.85. The van der Waals surface area contributed by atoms with Crippen LogP contribution in [0.3, 0.4) is 0 Å². The molecule has 0 saturated carbocycles. The van der Waals surface area contributed by atoms with Gasteiger partial charge in [0.15, 0.2) is 0 Å². The van der Waals surface area contributed by atoms with Gasteiger partial charge in [-0.3, -0.25) is 0 Å². The number of aliphatic carboxylic acids is 1. The minimum Gasteiger partial charge on any atom is -0.478 e. The summed E-state index contributed by atoms with van der Waals surface area (Å²) in [5, 5.41) is 9.78. The summed E-state index contributed by atoms with van der Waals surface area (Å²) in [4.78, 5) is 16.5. The lowest BCUT2D eigenvalue weighted by Crippen LogP contribution is -2.37. The van der Waals surface area contributed by atoms with E-state index < -0.39 is 5.97 Å². The number of aryl methyl sites for hydroxylation is 1. The predicted octanol–water partition coefficient (Wildman–Crippen LogP) is 4.17. The van der Waals surface area contributed by atoms with E-state index in [2.05, 4.69) is 54.8 Å². The molecule has 0 fully saturated rings. The van der Waals surface area contributed by atoms with Gasteiger partial charge in [0, 0.05) is 19.3 Å². The summed E-state index contributed by atoms with van der Waals surface area (Å²) >= 11 is 0. The van der Waals surface area contributed by atoms with Crippen molar-refractivity contribution in [2.24, 2.45) is 0 Å². The Labute approximate surface area is 161 Å². The van der Waals surface area contributed by atoms with Gasteiger partial charge in [-0.2, -0.15) is 0 Å². The third kappa shape index (κ3) is 3.91. The highest BCUT2D eigenvalue weighted by atomic mass is 16.4. The largest absolute Gasteiger partial charge is 0.478 e. The molecule has 0 saturated heterocycles. The van der Waals surface area contributed by atoms with E-state index in [0.717, 1.165) is 37.3 Å². The molecule has 1 atom stereocenters. The summed E-state index contributed by atoms with van der Waals surface area (Å²) in [6.45, 7) is 10.1. The average molecular weight is 364 g/mol. The third-order valence-electron chi connectivity index (χ3n) is 5.45. The van der Waals surface area contributed by atoms with Crippen LogP contribution in [0.5, 0.6) is 0 Å². The second-order valence-corrected chi connectivity index (χ2v) is 6.96. The summed E-state index contributed by atoms with van der Waals surface area (Å²) in [6, 6.07) is 16.3. The van der Waals surface area contributed by atoms with Crippen molar-refractivity contribution in [3.8, 4) is 0 Å². The molecule has 4 heteroatoms. The second-order valence-electron chi connectivity index (χ2n) is 6.96. The van der Waals surface area contributed by atoms with Crippen LogP contribution in [0.15, 0.2) is 54.7 Å². The van der Waals surface area contributed by atoms with Crippen LogP contribution in [0.4, 0.5) is 0 Å². The fourth-order valence-corrected chi connectivity index (χ4v) is 3.87. The van der Waals surface area contributed by atoms with Gasteiger partial charge in [0.25, 0.3) is 0 Å². The lowest BCUT2D eigenvalue weighted by Gasteiger charge is -2.38. The fourth-order valence-electron chi connectivity index (χ4n) is 3.87. The van der Waals surface area contributed by atoms with E-state index in [1.807, 2.05) is 30.5 Å². The van der Waals surface area contributed by atoms with Crippen molar-refractivity contribution in [1.29, 1.82) is 0 Å². The molecule has 1 unspecified atom stereocenters. The maximum Gasteiger partial charge on any atom is 0.337 e. The first-order valence-electron chi connectivity index (χ1n) is 9.64. The van der Waals surface area contributed by atoms with Crippen LogP contribution in [0.1, 0.15) is 42.1 Å². The second kappa shape index (κ2) is 8.40. The quantitative estimate of drug-likeness (QED) is 0.801. The number of likely N-dealkylation sites (N-methyl/N-ethyl adjacent to an activating group) is 1. The van der Waals surface area contributed by atoms with Crippen LogP contribution in [-0.2, 0) is 4.79 Å². The minimum atomic E-state index is -0.876. The molecular formula is C23H28N2O2. The third-order valence-corrected chi connectivity index (χ3v) is 5.45.